The highest BCUT2D eigenvalue weighted by Crippen LogP contribution is 2.34. The predicted molar refractivity (Wildman–Crippen MR) is 63.4 cm³/mol. The summed E-state index contributed by atoms with van der Waals surface area (Å²) in [6.45, 7) is 3.35. The first-order valence-electron chi connectivity index (χ1n) is 5.59. The molecule has 1 aliphatic rings. The third-order valence-electron chi connectivity index (χ3n) is 2.84. The van der Waals surface area contributed by atoms with E-state index < -0.39 is 7.75 Å². The van der Waals surface area contributed by atoms with Crippen molar-refractivity contribution in [3.8, 4) is 0 Å². The third-order valence-corrected chi connectivity index (χ3v) is 3.95. The summed E-state index contributed by atoms with van der Waals surface area (Å²) in [6, 6.07) is 0.527. The standard InChI is InChI=1S/C9H22N3O3P/c1-12-7-3-9(4-8-12)10-5-6-11-16(13,14)15-2/h9-10H,3-8H2,1-2H3,(H2,11,13,14). The Hall–Kier alpha value is 0.0300. The summed E-state index contributed by atoms with van der Waals surface area (Å²) in [5.41, 5.74) is 0. The summed E-state index contributed by atoms with van der Waals surface area (Å²) in [6.07, 6.45) is 2.27. The van der Waals surface area contributed by atoms with Crippen LogP contribution in [0.15, 0.2) is 0 Å². The van der Waals surface area contributed by atoms with Gasteiger partial charge in [-0.05, 0) is 33.0 Å². The van der Waals surface area contributed by atoms with Gasteiger partial charge in [-0.3, -0.25) is 0 Å². The normalized spacial score (nSPS) is 23.2. The highest BCUT2D eigenvalue weighted by atomic mass is 31.2. The molecule has 0 aromatic carbocycles. The maximum Gasteiger partial charge on any atom is 0.402 e. The fraction of sp³-hybridized carbons (Fsp3) is 1.00. The Morgan fingerprint density at radius 2 is 2.06 bits per heavy atom. The molecular formula is C9H22N3O3P. The maximum absolute atomic E-state index is 11.1. The highest BCUT2D eigenvalue weighted by molar-refractivity contribution is 7.50. The average molecular weight is 251 g/mol. The van der Waals surface area contributed by atoms with E-state index in [2.05, 4.69) is 26.9 Å². The van der Waals surface area contributed by atoms with E-state index in [0.29, 0.717) is 19.1 Å². The molecule has 96 valence electrons. The van der Waals surface area contributed by atoms with Gasteiger partial charge in [0.05, 0.1) is 0 Å². The zero-order valence-electron chi connectivity index (χ0n) is 9.98. The van der Waals surface area contributed by atoms with Gasteiger partial charge < -0.3 is 19.6 Å². The first-order chi connectivity index (χ1) is 7.53. The first-order valence-corrected chi connectivity index (χ1v) is 7.17. The molecule has 16 heavy (non-hydrogen) atoms. The summed E-state index contributed by atoms with van der Waals surface area (Å²) < 4.78 is 15.5. The second-order valence-corrected chi connectivity index (χ2v) is 5.86. The van der Waals surface area contributed by atoms with E-state index in [4.69, 9.17) is 4.89 Å². The Balaban J connectivity index is 2.05. The molecule has 1 rings (SSSR count). The SMILES string of the molecule is COP(=O)(O)NCCNC1CCN(C)CC1. The molecule has 3 N–H and O–H groups in total. The van der Waals surface area contributed by atoms with E-state index in [1.54, 1.807) is 0 Å². The maximum atomic E-state index is 11.1. The van der Waals surface area contributed by atoms with E-state index in [-0.39, 0.29) is 0 Å². The predicted octanol–water partition coefficient (Wildman–Crippen LogP) is 0.00660. The average Bonchev–Trinajstić information content (AvgIpc) is 2.27. The highest BCUT2D eigenvalue weighted by Gasteiger charge is 2.17. The number of nitrogens with one attached hydrogen (secondary N) is 2. The van der Waals surface area contributed by atoms with E-state index in [1.807, 2.05) is 0 Å². The lowest BCUT2D eigenvalue weighted by Gasteiger charge is -2.29. The molecule has 6 nitrogen and oxygen atoms in total. The lowest BCUT2D eigenvalue weighted by atomic mass is 10.1. The van der Waals surface area contributed by atoms with Crippen molar-refractivity contribution >= 4 is 7.75 Å². The van der Waals surface area contributed by atoms with Gasteiger partial charge in [0.1, 0.15) is 0 Å². The van der Waals surface area contributed by atoms with Crippen molar-refractivity contribution in [1.82, 2.24) is 15.3 Å². The van der Waals surface area contributed by atoms with Crippen molar-refractivity contribution in [2.24, 2.45) is 0 Å². The van der Waals surface area contributed by atoms with E-state index in [1.165, 1.54) is 7.11 Å². The van der Waals surface area contributed by atoms with Crippen molar-refractivity contribution in [3.63, 3.8) is 0 Å². The Morgan fingerprint density at radius 1 is 1.44 bits per heavy atom. The Bertz CT molecular complexity index is 244. The van der Waals surface area contributed by atoms with Crippen molar-refractivity contribution in [2.75, 3.05) is 40.3 Å². The lowest BCUT2D eigenvalue weighted by molar-refractivity contribution is 0.235. The number of piperidine rings is 1. The number of nitrogens with zero attached hydrogens (tertiary/aromatic N) is 1. The van der Waals surface area contributed by atoms with Gasteiger partial charge >= 0.3 is 7.75 Å². The number of likely N-dealkylation sites (tertiary alicyclic amines) is 1. The van der Waals surface area contributed by atoms with E-state index in [0.717, 1.165) is 25.9 Å². The van der Waals surface area contributed by atoms with E-state index in [9.17, 15) is 4.57 Å². The molecule has 0 aromatic rings. The van der Waals surface area contributed by atoms with Gasteiger partial charge in [0.25, 0.3) is 0 Å². The van der Waals surface area contributed by atoms with Crippen molar-refractivity contribution in [2.45, 2.75) is 18.9 Å². The van der Waals surface area contributed by atoms with E-state index >= 15 is 0 Å². The molecule has 1 fully saturated rings. The first kappa shape index (κ1) is 14.1. The zero-order chi connectivity index (χ0) is 12.0. The van der Waals surface area contributed by atoms with Crippen LogP contribution in [0.2, 0.25) is 0 Å². The molecule has 0 spiro atoms. The molecule has 0 aromatic heterocycles. The van der Waals surface area contributed by atoms with Crippen molar-refractivity contribution < 1.29 is 14.0 Å². The minimum atomic E-state index is -3.55. The van der Waals surface area contributed by atoms with Crippen LogP contribution in [0.3, 0.4) is 0 Å². The quantitative estimate of drug-likeness (QED) is 0.456. The van der Waals surface area contributed by atoms with Gasteiger partial charge in [-0.15, -0.1) is 0 Å². The summed E-state index contributed by atoms with van der Waals surface area (Å²) in [5, 5.41) is 5.83. The Kier molecular flexibility index (Phi) is 5.89. The molecule has 1 aliphatic heterocycles. The van der Waals surface area contributed by atoms with Crippen LogP contribution >= 0.6 is 7.75 Å². The van der Waals surface area contributed by atoms with Crippen LogP contribution in [-0.2, 0) is 9.09 Å². The van der Waals surface area contributed by atoms with Gasteiger partial charge in [0, 0.05) is 26.2 Å². The lowest BCUT2D eigenvalue weighted by Crippen LogP contribution is -2.42. The molecule has 0 radical (unpaired) electrons. The van der Waals surface area contributed by atoms with Crippen LogP contribution in [0.5, 0.6) is 0 Å². The molecule has 1 saturated heterocycles. The molecule has 0 amide bonds. The summed E-state index contributed by atoms with van der Waals surface area (Å²) >= 11 is 0. The molecule has 1 atom stereocenters. The minimum absolute atomic E-state index is 0.438. The minimum Gasteiger partial charge on any atom is -0.313 e. The van der Waals surface area contributed by atoms with Crippen LogP contribution < -0.4 is 10.4 Å². The summed E-state index contributed by atoms with van der Waals surface area (Å²) in [5.74, 6) is 0. The van der Waals surface area contributed by atoms with Crippen LogP contribution in [0.25, 0.3) is 0 Å². The van der Waals surface area contributed by atoms with Crippen LogP contribution in [0.1, 0.15) is 12.8 Å². The van der Waals surface area contributed by atoms with Gasteiger partial charge in [-0.25, -0.2) is 9.65 Å². The van der Waals surface area contributed by atoms with Gasteiger partial charge in [-0.2, -0.15) is 0 Å². The fourth-order valence-electron chi connectivity index (χ4n) is 1.75. The number of hydrogen-bond acceptors (Lipinski definition) is 4. The molecule has 1 unspecified atom stereocenters. The summed E-state index contributed by atoms with van der Waals surface area (Å²) in [4.78, 5) is 11.4. The topological polar surface area (TPSA) is 73.8 Å². The second-order valence-electron chi connectivity index (χ2n) is 4.14. The van der Waals surface area contributed by atoms with Crippen LogP contribution in [-0.4, -0.2) is 56.2 Å². The monoisotopic (exact) mass is 251 g/mol. The largest absolute Gasteiger partial charge is 0.402 e. The van der Waals surface area contributed by atoms with Crippen LogP contribution in [0, 0.1) is 0 Å². The second kappa shape index (κ2) is 6.69. The van der Waals surface area contributed by atoms with Gasteiger partial charge in [-0.1, -0.05) is 0 Å². The summed E-state index contributed by atoms with van der Waals surface area (Å²) in [7, 11) is -0.208. The third kappa shape index (κ3) is 5.39. The molecular weight excluding hydrogens is 229 g/mol. The Labute approximate surface area is 96.9 Å². The fourth-order valence-corrected chi connectivity index (χ4v) is 2.27. The molecule has 7 heteroatoms. The molecule has 0 saturated carbocycles. The number of hydrogen-bond donors (Lipinski definition) is 3. The van der Waals surface area contributed by atoms with Gasteiger partial charge in [0.2, 0.25) is 0 Å². The Morgan fingerprint density at radius 3 is 2.62 bits per heavy atom. The van der Waals surface area contributed by atoms with Crippen LogP contribution in [0.4, 0.5) is 0 Å². The van der Waals surface area contributed by atoms with Gasteiger partial charge in [0.15, 0.2) is 0 Å². The molecule has 1 heterocycles. The zero-order valence-corrected chi connectivity index (χ0v) is 10.9. The van der Waals surface area contributed by atoms with Crippen molar-refractivity contribution in [1.29, 1.82) is 0 Å². The molecule has 0 bridgehead atoms. The number of rotatable bonds is 6. The molecule has 0 aliphatic carbocycles. The van der Waals surface area contributed by atoms with Crippen molar-refractivity contribution in [3.05, 3.63) is 0 Å². The smallest absolute Gasteiger partial charge is 0.313 e.